The molecule has 0 spiro atoms. The Morgan fingerprint density at radius 3 is 1.96 bits per heavy atom. The van der Waals surface area contributed by atoms with Gasteiger partial charge in [-0.25, -0.2) is 0 Å². The van der Waals surface area contributed by atoms with Crippen LogP contribution < -0.4 is 0 Å². The number of hydrogen-bond donors (Lipinski definition) is 6. The molecule has 0 radical (unpaired) electrons. The number of carbonyl (C=O) groups excluding carboxylic acids is 1. The summed E-state index contributed by atoms with van der Waals surface area (Å²) in [6, 6.07) is 2.11. The third-order valence-electron chi connectivity index (χ3n) is 3.82. The van der Waals surface area contributed by atoms with Gasteiger partial charge >= 0.3 is 0 Å². The predicted molar refractivity (Wildman–Crippen MR) is 77.7 cm³/mol. The SMILES string of the molecule is CN1Cc2cc(O)c(O)c(O)c2-c2c(cc(O)c(O)c2O)C1=O. The van der Waals surface area contributed by atoms with Gasteiger partial charge in [0.1, 0.15) is 0 Å². The molecule has 0 saturated carbocycles. The number of phenolic OH excluding ortho intramolecular Hbond substituents is 6. The molecule has 0 aromatic heterocycles. The van der Waals surface area contributed by atoms with Crippen LogP contribution in [0.5, 0.6) is 34.5 Å². The van der Waals surface area contributed by atoms with Crippen molar-refractivity contribution in [3.05, 3.63) is 23.3 Å². The number of amides is 1. The van der Waals surface area contributed by atoms with E-state index in [1.807, 2.05) is 0 Å². The van der Waals surface area contributed by atoms with E-state index in [1.54, 1.807) is 0 Å². The van der Waals surface area contributed by atoms with Gasteiger partial charge in [-0.2, -0.15) is 0 Å². The number of benzene rings is 2. The smallest absolute Gasteiger partial charge is 0.254 e. The molecule has 120 valence electrons. The second-order valence-corrected chi connectivity index (χ2v) is 5.30. The Morgan fingerprint density at radius 2 is 1.35 bits per heavy atom. The zero-order valence-corrected chi connectivity index (χ0v) is 11.9. The molecule has 1 amide bonds. The van der Waals surface area contributed by atoms with E-state index in [-0.39, 0.29) is 28.8 Å². The summed E-state index contributed by atoms with van der Waals surface area (Å²) in [5, 5.41) is 59.1. The maximum Gasteiger partial charge on any atom is 0.254 e. The summed E-state index contributed by atoms with van der Waals surface area (Å²) in [4.78, 5) is 13.7. The van der Waals surface area contributed by atoms with Crippen LogP contribution >= 0.6 is 0 Å². The van der Waals surface area contributed by atoms with Crippen LogP contribution in [-0.4, -0.2) is 48.5 Å². The van der Waals surface area contributed by atoms with Gasteiger partial charge in [-0.15, -0.1) is 0 Å². The lowest BCUT2D eigenvalue weighted by atomic mass is 9.93. The van der Waals surface area contributed by atoms with Crippen molar-refractivity contribution < 1.29 is 35.4 Å². The van der Waals surface area contributed by atoms with Crippen LogP contribution in [0.1, 0.15) is 15.9 Å². The molecule has 1 aliphatic heterocycles. The highest BCUT2D eigenvalue weighted by Gasteiger charge is 2.33. The monoisotopic (exact) mass is 319 g/mol. The average molecular weight is 319 g/mol. The Hall–Kier alpha value is -3.29. The first-order chi connectivity index (χ1) is 10.7. The molecule has 2 aromatic rings. The van der Waals surface area contributed by atoms with Gasteiger partial charge in [0.2, 0.25) is 11.5 Å². The van der Waals surface area contributed by atoms with Crippen LogP contribution in [0.25, 0.3) is 11.1 Å². The second-order valence-electron chi connectivity index (χ2n) is 5.30. The van der Waals surface area contributed by atoms with Crippen LogP contribution in [0.3, 0.4) is 0 Å². The van der Waals surface area contributed by atoms with E-state index >= 15 is 0 Å². The number of hydrogen-bond acceptors (Lipinski definition) is 7. The summed E-state index contributed by atoms with van der Waals surface area (Å²) in [5.41, 5.74) is -0.273. The molecule has 0 unspecified atom stereocenters. The van der Waals surface area contributed by atoms with Gasteiger partial charge < -0.3 is 35.5 Å². The Balaban J connectivity index is 2.51. The van der Waals surface area contributed by atoms with E-state index < -0.39 is 40.4 Å². The van der Waals surface area contributed by atoms with Crippen LogP contribution in [-0.2, 0) is 6.54 Å². The average Bonchev–Trinajstić information content (AvgIpc) is 2.60. The molecular weight excluding hydrogens is 306 g/mol. The topological polar surface area (TPSA) is 142 Å². The summed E-state index contributed by atoms with van der Waals surface area (Å²) < 4.78 is 0. The first-order valence-electron chi connectivity index (χ1n) is 6.54. The number of aromatic hydroxyl groups is 6. The first-order valence-corrected chi connectivity index (χ1v) is 6.54. The number of nitrogens with zero attached hydrogens (tertiary/aromatic N) is 1. The first kappa shape index (κ1) is 14.6. The zero-order valence-electron chi connectivity index (χ0n) is 11.9. The van der Waals surface area contributed by atoms with Gasteiger partial charge in [0.25, 0.3) is 5.91 Å². The van der Waals surface area contributed by atoms with Crippen LogP contribution in [0, 0.1) is 0 Å². The van der Waals surface area contributed by atoms with E-state index in [2.05, 4.69) is 0 Å². The zero-order chi connectivity index (χ0) is 17.0. The van der Waals surface area contributed by atoms with E-state index in [9.17, 15) is 35.4 Å². The van der Waals surface area contributed by atoms with E-state index in [1.165, 1.54) is 11.9 Å². The van der Waals surface area contributed by atoms with Crippen LogP contribution in [0.4, 0.5) is 0 Å². The summed E-state index contributed by atoms with van der Waals surface area (Å²) in [7, 11) is 1.45. The van der Waals surface area contributed by atoms with Gasteiger partial charge in [-0.3, -0.25) is 4.79 Å². The molecule has 1 aliphatic rings. The molecule has 0 fully saturated rings. The molecule has 8 nitrogen and oxygen atoms in total. The number of carbonyl (C=O) groups is 1. The summed E-state index contributed by atoms with van der Waals surface area (Å²) in [6.45, 7) is -0.0365. The Morgan fingerprint density at radius 1 is 0.826 bits per heavy atom. The second kappa shape index (κ2) is 4.60. The van der Waals surface area contributed by atoms with Crippen molar-refractivity contribution in [2.45, 2.75) is 6.54 Å². The van der Waals surface area contributed by atoms with Crippen molar-refractivity contribution in [3.63, 3.8) is 0 Å². The maximum absolute atomic E-state index is 12.4. The summed E-state index contributed by atoms with van der Waals surface area (Å²) in [6.07, 6.45) is 0. The molecule has 0 aliphatic carbocycles. The third-order valence-corrected chi connectivity index (χ3v) is 3.82. The maximum atomic E-state index is 12.4. The summed E-state index contributed by atoms with van der Waals surface area (Å²) >= 11 is 0. The molecule has 23 heavy (non-hydrogen) atoms. The highest BCUT2D eigenvalue weighted by molar-refractivity contribution is 6.06. The fraction of sp³-hybridized carbons (Fsp3) is 0.133. The quantitative estimate of drug-likeness (QED) is 0.400. The Labute approximate surface area is 129 Å². The van der Waals surface area contributed by atoms with Crippen molar-refractivity contribution in [1.82, 2.24) is 4.90 Å². The number of fused-ring (bicyclic) bond motifs is 3. The molecule has 1 heterocycles. The minimum absolute atomic E-state index is 0.0365. The molecule has 6 N–H and O–H groups in total. The fourth-order valence-electron chi connectivity index (χ4n) is 2.70. The summed E-state index contributed by atoms with van der Waals surface area (Å²) in [5.74, 6) is -5.12. The van der Waals surface area contributed by atoms with Crippen molar-refractivity contribution in [1.29, 1.82) is 0 Å². The molecule has 0 atom stereocenters. The lowest BCUT2D eigenvalue weighted by molar-refractivity contribution is 0.0787. The standard InChI is InChI=1S/C15H13NO7/c1-16-4-5-2-7(17)11(19)13(21)9(5)10-6(15(16)23)3-8(18)12(20)14(10)22/h2-3,17-22H,4H2,1H3. The molecule has 8 heteroatoms. The number of rotatable bonds is 0. The number of phenols is 6. The molecule has 2 aromatic carbocycles. The molecule has 0 saturated heterocycles. The van der Waals surface area contributed by atoms with Gasteiger partial charge in [0.05, 0.1) is 5.56 Å². The van der Waals surface area contributed by atoms with E-state index in [0.29, 0.717) is 0 Å². The molecule has 3 rings (SSSR count). The molecule has 0 bridgehead atoms. The van der Waals surface area contributed by atoms with E-state index in [0.717, 1.165) is 12.1 Å². The van der Waals surface area contributed by atoms with Gasteiger partial charge in [-0.1, -0.05) is 0 Å². The van der Waals surface area contributed by atoms with Gasteiger partial charge in [-0.05, 0) is 17.7 Å². The van der Waals surface area contributed by atoms with Crippen LogP contribution in [0.15, 0.2) is 12.1 Å². The normalized spacial score (nSPS) is 13.4. The minimum Gasteiger partial charge on any atom is -0.504 e. The lowest BCUT2D eigenvalue weighted by Gasteiger charge is -2.15. The van der Waals surface area contributed by atoms with Crippen molar-refractivity contribution >= 4 is 5.91 Å². The van der Waals surface area contributed by atoms with Crippen molar-refractivity contribution in [3.8, 4) is 45.6 Å². The Kier molecular flexibility index (Phi) is 2.93. The largest absolute Gasteiger partial charge is 0.504 e. The molecular formula is C15H13NO7. The highest BCUT2D eigenvalue weighted by Crippen LogP contribution is 2.53. The van der Waals surface area contributed by atoms with Crippen molar-refractivity contribution in [2.24, 2.45) is 0 Å². The lowest BCUT2D eigenvalue weighted by Crippen LogP contribution is -2.24. The van der Waals surface area contributed by atoms with Crippen molar-refractivity contribution in [2.75, 3.05) is 7.05 Å². The van der Waals surface area contributed by atoms with E-state index in [4.69, 9.17) is 0 Å². The fourth-order valence-corrected chi connectivity index (χ4v) is 2.70. The minimum atomic E-state index is -0.862. The predicted octanol–water partition coefficient (Wildman–Crippen LogP) is 1.17. The van der Waals surface area contributed by atoms with Gasteiger partial charge in [0, 0.05) is 24.7 Å². The Bertz CT molecular complexity index is 860. The van der Waals surface area contributed by atoms with Gasteiger partial charge in [0.15, 0.2) is 23.0 Å². The highest BCUT2D eigenvalue weighted by atomic mass is 16.3. The third kappa shape index (κ3) is 1.88. The van der Waals surface area contributed by atoms with Crippen LogP contribution in [0.2, 0.25) is 0 Å².